The topological polar surface area (TPSA) is 84.5 Å². The number of hydrogen-bond acceptors (Lipinski definition) is 5. The van der Waals surface area contributed by atoms with E-state index in [4.69, 9.17) is 4.74 Å². The molecule has 1 aromatic rings. The third kappa shape index (κ3) is 4.24. The number of nitrogens with one attached hydrogen (secondary N) is 2. The predicted molar refractivity (Wildman–Crippen MR) is 96.4 cm³/mol. The largest absolute Gasteiger partial charge is 0.496 e. The zero-order valence-corrected chi connectivity index (χ0v) is 16.1. The Bertz CT molecular complexity index is 721. The number of rotatable bonds is 5. The summed E-state index contributed by atoms with van der Waals surface area (Å²) in [5.74, 6) is -0.799. The second-order valence-electron chi connectivity index (χ2n) is 6.07. The lowest BCUT2D eigenvalue weighted by atomic mass is 9.95. The maximum atomic E-state index is 14.2. The Kier molecular flexibility index (Phi) is 7.22. The van der Waals surface area contributed by atoms with Crippen LogP contribution in [0.2, 0.25) is 0 Å². The van der Waals surface area contributed by atoms with Crippen LogP contribution in [0.4, 0.5) is 4.39 Å². The average molecular weight is 395 g/mol. The zero-order valence-electron chi connectivity index (χ0n) is 14.5. The molecule has 9 heteroatoms. The summed E-state index contributed by atoms with van der Waals surface area (Å²) in [4.78, 5) is 12.8. The molecule has 1 heterocycles. The molecule has 1 unspecified atom stereocenters. The number of methoxy groups -OCH3 is 1. The maximum absolute atomic E-state index is 14.2. The van der Waals surface area contributed by atoms with E-state index in [0.29, 0.717) is 18.8 Å². The second-order valence-corrected chi connectivity index (χ2v) is 8.39. The van der Waals surface area contributed by atoms with E-state index in [1.807, 2.05) is 0 Å². The van der Waals surface area contributed by atoms with Crippen molar-refractivity contribution in [2.75, 3.05) is 26.5 Å². The average Bonchev–Trinajstić information content (AvgIpc) is 2.53. The van der Waals surface area contributed by atoms with Gasteiger partial charge in [-0.15, -0.1) is 12.4 Å². The number of benzene rings is 1. The summed E-state index contributed by atoms with van der Waals surface area (Å²) in [6.45, 7) is 2.49. The van der Waals surface area contributed by atoms with E-state index in [2.05, 4.69) is 10.6 Å². The third-order valence-electron chi connectivity index (χ3n) is 4.55. The van der Waals surface area contributed by atoms with Crippen molar-refractivity contribution in [2.24, 2.45) is 0 Å². The molecule has 0 spiro atoms. The quantitative estimate of drug-likeness (QED) is 0.792. The van der Waals surface area contributed by atoms with Gasteiger partial charge in [0.2, 0.25) is 5.91 Å². The first-order chi connectivity index (χ1) is 11.2. The van der Waals surface area contributed by atoms with Gasteiger partial charge in [-0.3, -0.25) is 4.79 Å². The van der Waals surface area contributed by atoms with Gasteiger partial charge < -0.3 is 15.4 Å². The minimum atomic E-state index is -3.62. The summed E-state index contributed by atoms with van der Waals surface area (Å²) in [6.07, 6.45) is 1.46. The molecule has 0 radical (unpaired) electrons. The number of carbonyl (C=O) groups excluding carboxylic acids is 1. The molecule has 142 valence electrons. The van der Waals surface area contributed by atoms with E-state index in [-0.39, 0.29) is 30.8 Å². The van der Waals surface area contributed by atoms with Crippen LogP contribution in [0.1, 0.15) is 31.4 Å². The van der Waals surface area contributed by atoms with Gasteiger partial charge >= 0.3 is 0 Å². The monoisotopic (exact) mass is 394 g/mol. The van der Waals surface area contributed by atoms with Crippen LogP contribution < -0.4 is 15.4 Å². The second kappa shape index (κ2) is 8.33. The standard InChI is InChI=1S/C16H23FN2O4S.ClH/c1-11(14-12(17)5-4-6-13(14)23-2)19-15(20)16(24(3,21)22)7-9-18-10-8-16;/h4-6,11,18H,7-10H2,1-3H3,(H,19,20);1H. The highest BCUT2D eigenvalue weighted by molar-refractivity contribution is 7.92. The van der Waals surface area contributed by atoms with Crippen molar-refractivity contribution in [1.29, 1.82) is 0 Å². The molecular weight excluding hydrogens is 371 g/mol. The van der Waals surface area contributed by atoms with E-state index >= 15 is 0 Å². The van der Waals surface area contributed by atoms with Crippen molar-refractivity contribution in [2.45, 2.75) is 30.6 Å². The normalized spacial score (nSPS) is 17.9. The van der Waals surface area contributed by atoms with Crippen LogP contribution >= 0.6 is 12.4 Å². The highest BCUT2D eigenvalue weighted by atomic mass is 35.5. The molecule has 1 aliphatic heterocycles. The van der Waals surface area contributed by atoms with Crippen LogP contribution in [-0.2, 0) is 14.6 Å². The summed E-state index contributed by atoms with van der Waals surface area (Å²) >= 11 is 0. The summed E-state index contributed by atoms with van der Waals surface area (Å²) in [6, 6.07) is 3.66. The Hall–Kier alpha value is -1.38. The molecule has 1 atom stereocenters. The fourth-order valence-electron chi connectivity index (χ4n) is 3.11. The molecule has 6 nitrogen and oxygen atoms in total. The Morgan fingerprint density at radius 1 is 1.36 bits per heavy atom. The van der Waals surface area contributed by atoms with Gasteiger partial charge in [-0.1, -0.05) is 6.07 Å². The Morgan fingerprint density at radius 2 is 1.96 bits per heavy atom. The van der Waals surface area contributed by atoms with Gasteiger partial charge in [-0.05, 0) is 45.0 Å². The van der Waals surface area contributed by atoms with Crippen LogP contribution in [-0.4, -0.2) is 45.5 Å². The number of hydrogen-bond donors (Lipinski definition) is 2. The van der Waals surface area contributed by atoms with Crippen molar-refractivity contribution in [3.8, 4) is 5.75 Å². The smallest absolute Gasteiger partial charge is 0.242 e. The van der Waals surface area contributed by atoms with E-state index < -0.39 is 32.4 Å². The molecule has 1 aliphatic rings. The lowest BCUT2D eigenvalue weighted by Gasteiger charge is -2.35. The van der Waals surface area contributed by atoms with E-state index in [1.165, 1.54) is 19.2 Å². The summed E-state index contributed by atoms with van der Waals surface area (Å²) in [7, 11) is -2.20. The molecule has 2 rings (SSSR count). The molecule has 0 aliphatic carbocycles. The SMILES string of the molecule is COc1cccc(F)c1C(C)NC(=O)C1(S(C)(=O)=O)CCNCC1.Cl. The van der Waals surface area contributed by atoms with Crippen LogP contribution in [0, 0.1) is 5.82 Å². The van der Waals surface area contributed by atoms with Crippen LogP contribution in [0.25, 0.3) is 0 Å². The van der Waals surface area contributed by atoms with Crippen molar-refractivity contribution >= 4 is 28.2 Å². The van der Waals surface area contributed by atoms with Gasteiger partial charge in [0.05, 0.1) is 18.7 Å². The van der Waals surface area contributed by atoms with Crippen molar-refractivity contribution in [3.63, 3.8) is 0 Å². The molecule has 0 saturated carbocycles. The van der Waals surface area contributed by atoms with Gasteiger partial charge in [0, 0.05) is 6.26 Å². The Labute approximate surface area is 153 Å². The lowest BCUT2D eigenvalue weighted by Crippen LogP contribution is -2.57. The lowest BCUT2D eigenvalue weighted by molar-refractivity contribution is -0.125. The van der Waals surface area contributed by atoms with E-state index in [1.54, 1.807) is 13.0 Å². The molecular formula is C16H24ClFN2O4S. The molecule has 1 saturated heterocycles. The zero-order chi connectivity index (χ0) is 18.0. The minimum Gasteiger partial charge on any atom is -0.496 e. The summed E-state index contributed by atoms with van der Waals surface area (Å²) < 4.78 is 42.4. The first-order valence-corrected chi connectivity index (χ1v) is 9.66. The van der Waals surface area contributed by atoms with Crippen LogP contribution in [0.3, 0.4) is 0 Å². The van der Waals surface area contributed by atoms with Crippen LogP contribution in [0.15, 0.2) is 18.2 Å². The van der Waals surface area contributed by atoms with E-state index in [0.717, 1.165) is 6.26 Å². The number of halogens is 2. The predicted octanol–water partition coefficient (Wildman–Crippen LogP) is 1.60. The first kappa shape index (κ1) is 21.7. The molecule has 0 bridgehead atoms. The summed E-state index contributed by atoms with van der Waals surface area (Å²) in [5, 5.41) is 5.72. The van der Waals surface area contributed by atoms with Gasteiger partial charge in [0.15, 0.2) is 14.6 Å². The number of sulfone groups is 1. The number of ether oxygens (including phenoxy) is 1. The molecule has 1 aromatic carbocycles. The summed E-state index contributed by atoms with van der Waals surface area (Å²) in [5.41, 5.74) is 0.200. The first-order valence-electron chi connectivity index (χ1n) is 7.76. The third-order valence-corrected chi connectivity index (χ3v) is 6.56. The van der Waals surface area contributed by atoms with Crippen LogP contribution in [0.5, 0.6) is 5.75 Å². The van der Waals surface area contributed by atoms with Gasteiger partial charge in [-0.25, -0.2) is 12.8 Å². The number of amides is 1. The van der Waals surface area contributed by atoms with E-state index in [9.17, 15) is 17.6 Å². The molecule has 1 amide bonds. The number of carbonyl (C=O) groups is 1. The number of piperidine rings is 1. The highest BCUT2D eigenvalue weighted by Crippen LogP contribution is 2.31. The van der Waals surface area contributed by atoms with Gasteiger partial charge in [-0.2, -0.15) is 0 Å². The molecule has 0 aromatic heterocycles. The highest BCUT2D eigenvalue weighted by Gasteiger charge is 2.49. The fourth-order valence-corrected chi connectivity index (χ4v) is 4.45. The van der Waals surface area contributed by atoms with Gasteiger partial charge in [0.25, 0.3) is 0 Å². The fraction of sp³-hybridized carbons (Fsp3) is 0.562. The minimum absolute atomic E-state index is 0. The molecule has 2 N–H and O–H groups in total. The van der Waals surface area contributed by atoms with Crippen molar-refractivity contribution in [1.82, 2.24) is 10.6 Å². The maximum Gasteiger partial charge on any atom is 0.242 e. The molecule has 25 heavy (non-hydrogen) atoms. The van der Waals surface area contributed by atoms with Gasteiger partial charge in [0.1, 0.15) is 11.6 Å². The van der Waals surface area contributed by atoms with Crippen molar-refractivity contribution in [3.05, 3.63) is 29.6 Å². The molecule has 1 fully saturated rings. The Morgan fingerprint density at radius 3 is 2.48 bits per heavy atom. The van der Waals surface area contributed by atoms with Crippen molar-refractivity contribution < 1.29 is 22.3 Å². The Balaban J connectivity index is 0.00000312.